The van der Waals surface area contributed by atoms with Crippen LogP contribution in [0.2, 0.25) is 0 Å². The van der Waals surface area contributed by atoms with Crippen molar-refractivity contribution < 1.29 is 22.7 Å². The average Bonchev–Trinajstić information content (AvgIpc) is 2.79. The van der Waals surface area contributed by atoms with Crippen molar-refractivity contribution in [3.8, 4) is 11.9 Å². The lowest BCUT2D eigenvalue weighted by Gasteiger charge is -2.10. The van der Waals surface area contributed by atoms with Gasteiger partial charge in [-0.3, -0.25) is 9.52 Å². The number of hydrogen-bond donors (Lipinski definition) is 2. The van der Waals surface area contributed by atoms with E-state index in [1.807, 2.05) is 30.3 Å². The minimum atomic E-state index is -3.97. The van der Waals surface area contributed by atoms with Crippen LogP contribution in [-0.4, -0.2) is 38.5 Å². The Morgan fingerprint density at radius 1 is 1.00 bits per heavy atom. The third-order valence-electron chi connectivity index (χ3n) is 4.05. The zero-order valence-corrected chi connectivity index (χ0v) is 18.6. The lowest BCUT2D eigenvalue weighted by atomic mass is 10.2. The molecule has 32 heavy (non-hydrogen) atoms. The van der Waals surface area contributed by atoms with Gasteiger partial charge in [0, 0.05) is 11.8 Å². The highest BCUT2D eigenvalue weighted by Gasteiger charge is 2.17. The smallest absolute Gasteiger partial charge is 0.321 e. The van der Waals surface area contributed by atoms with E-state index in [4.69, 9.17) is 21.1 Å². The lowest BCUT2D eigenvalue weighted by Crippen LogP contribution is -2.15. The molecule has 0 spiro atoms. The van der Waals surface area contributed by atoms with Gasteiger partial charge < -0.3 is 14.8 Å². The first-order valence-electron chi connectivity index (χ1n) is 9.14. The maximum absolute atomic E-state index is 12.7. The fraction of sp³-hybridized carbons (Fsp3) is 0.0952. The number of ether oxygens (including phenoxy) is 2. The summed E-state index contributed by atoms with van der Waals surface area (Å²) < 4.78 is 37.6. The first-order valence-corrected chi connectivity index (χ1v) is 11.0. The van der Waals surface area contributed by atoms with Crippen LogP contribution in [0.25, 0.3) is 6.08 Å². The van der Waals surface area contributed by atoms with Gasteiger partial charge in [-0.15, -0.1) is 0 Å². The standard InChI is InChI=1S/C21H19ClN4O5S/c1-30-19-13-18(24-21(25-19)31-2)26-32(28,29)16-10-8-15(9-11-16)23-20(27)17(22)12-14-6-4-3-5-7-14/h3-13H,1-2H3,(H,23,27)(H,24,25,26). The van der Waals surface area contributed by atoms with Crippen molar-refractivity contribution in [1.82, 2.24) is 9.97 Å². The number of rotatable bonds is 8. The number of halogens is 1. The predicted octanol–water partition coefficient (Wildman–Crippen LogP) is 3.51. The summed E-state index contributed by atoms with van der Waals surface area (Å²) in [5.74, 6) is -0.415. The molecule has 2 aromatic carbocycles. The molecule has 0 aliphatic heterocycles. The van der Waals surface area contributed by atoms with Crippen LogP contribution in [-0.2, 0) is 14.8 Å². The molecular formula is C21H19ClN4O5S. The summed E-state index contributed by atoms with van der Waals surface area (Å²) in [6.07, 6.45) is 1.53. The molecule has 0 radical (unpaired) electrons. The van der Waals surface area contributed by atoms with E-state index in [1.54, 1.807) is 0 Å². The number of amides is 1. The van der Waals surface area contributed by atoms with E-state index in [2.05, 4.69) is 20.0 Å². The molecule has 0 aliphatic rings. The van der Waals surface area contributed by atoms with E-state index in [0.717, 1.165) is 5.56 Å². The molecule has 2 N–H and O–H groups in total. The van der Waals surface area contributed by atoms with Crippen LogP contribution in [0, 0.1) is 0 Å². The quantitative estimate of drug-likeness (QED) is 0.479. The number of aromatic nitrogens is 2. The second kappa shape index (κ2) is 10.1. The normalized spacial score (nSPS) is 11.5. The molecule has 0 bridgehead atoms. The Bertz CT molecular complexity index is 1210. The van der Waals surface area contributed by atoms with E-state index in [9.17, 15) is 13.2 Å². The number of anilines is 2. The maximum Gasteiger partial charge on any atom is 0.321 e. The molecular weight excluding hydrogens is 456 g/mol. The maximum atomic E-state index is 12.7. The number of methoxy groups -OCH3 is 2. The molecule has 9 nitrogen and oxygen atoms in total. The number of carbonyl (C=O) groups is 1. The Labute approximate surface area is 190 Å². The highest BCUT2D eigenvalue weighted by Crippen LogP contribution is 2.22. The van der Waals surface area contributed by atoms with Crippen molar-refractivity contribution in [2.45, 2.75) is 4.90 Å². The van der Waals surface area contributed by atoms with Gasteiger partial charge in [-0.25, -0.2) is 8.42 Å². The molecule has 3 rings (SSSR count). The average molecular weight is 475 g/mol. The topological polar surface area (TPSA) is 120 Å². The van der Waals surface area contributed by atoms with Crippen LogP contribution < -0.4 is 19.5 Å². The number of carbonyl (C=O) groups excluding carboxylic acids is 1. The van der Waals surface area contributed by atoms with E-state index in [0.29, 0.717) is 5.69 Å². The molecule has 11 heteroatoms. The molecule has 1 amide bonds. The largest absolute Gasteiger partial charge is 0.481 e. The number of nitrogens with zero attached hydrogens (tertiary/aromatic N) is 2. The summed E-state index contributed by atoms with van der Waals surface area (Å²) in [5, 5.41) is 2.60. The Kier molecular flexibility index (Phi) is 7.29. The van der Waals surface area contributed by atoms with Gasteiger partial charge in [-0.05, 0) is 35.9 Å². The third-order valence-corrected chi connectivity index (χ3v) is 5.70. The van der Waals surface area contributed by atoms with Gasteiger partial charge in [0.05, 0.1) is 19.1 Å². The minimum Gasteiger partial charge on any atom is -0.481 e. The molecule has 1 aromatic heterocycles. The van der Waals surface area contributed by atoms with Crippen molar-refractivity contribution in [2.24, 2.45) is 0 Å². The third kappa shape index (κ3) is 5.96. The Hall–Kier alpha value is -3.63. The van der Waals surface area contributed by atoms with Crippen LogP contribution in [0.5, 0.6) is 11.9 Å². The number of sulfonamides is 1. The Morgan fingerprint density at radius 2 is 1.69 bits per heavy atom. The summed E-state index contributed by atoms with van der Waals surface area (Å²) in [5.41, 5.74) is 1.15. The van der Waals surface area contributed by atoms with Crippen LogP contribution in [0.1, 0.15) is 5.56 Å². The van der Waals surface area contributed by atoms with Crippen LogP contribution in [0.3, 0.4) is 0 Å². The monoisotopic (exact) mass is 474 g/mol. The molecule has 0 atom stereocenters. The highest BCUT2D eigenvalue weighted by atomic mass is 35.5. The zero-order valence-electron chi connectivity index (χ0n) is 17.1. The van der Waals surface area contributed by atoms with Gasteiger partial charge in [0.2, 0.25) is 5.88 Å². The van der Waals surface area contributed by atoms with E-state index < -0.39 is 15.9 Å². The number of hydrogen-bond acceptors (Lipinski definition) is 7. The van der Waals surface area contributed by atoms with E-state index in [-0.39, 0.29) is 27.6 Å². The SMILES string of the molecule is COc1cc(NS(=O)(=O)c2ccc(NC(=O)C(Cl)=Cc3ccccc3)cc2)nc(OC)n1. The van der Waals surface area contributed by atoms with Crippen LogP contribution >= 0.6 is 11.6 Å². The van der Waals surface area contributed by atoms with Gasteiger partial charge in [-0.2, -0.15) is 9.97 Å². The van der Waals surface area contributed by atoms with Crippen molar-refractivity contribution in [1.29, 1.82) is 0 Å². The van der Waals surface area contributed by atoms with Gasteiger partial charge in [0.15, 0.2) is 5.82 Å². The molecule has 0 unspecified atom stereocenters. The fourth-order valence-electron chi connectivity index (χ4n) is 2.52. The summed E-state index contributed by atoms with van der Waals surface area (Å²) in [6.45, 7) is 0. The van der Waals surface area contributed by atoms with Crippen molar-refractivity contribution >= 4 is 45.1 Å². The molecule has 3 aromatic rings. The molecule has 166 valence electrons. The van der Waals surface area contributed by atoms with Crippen LogP contribution in [0.4, 0.5) is 11.5 Å². The first kappa shape index (κ1) is 23.0. The molecule has 0 fully saturated rings. The van der Waals surface area contributed by atoms with E-state index in [1.165, 1.54) is 50.6 Å². The van der Waals surface area contributed by atoms with Crippen LogP contribution in [0.15, 0.2) is 70.6 Å². The molecule has 0 aliphatic carbocycles. The fourth-order valence-corrected chi connectivity index (χ4v) is 3.68. The van der Waals surface area contributed by atoms with Gasteiger partial charge >= 0.3 is 6.01 Å². The van der Waals surface area contributed by atoms with E-state index >= 15 is 0 Å². The zero-order chi connectivity index (χ0) is 23.1. The predicted molar refractivity (Wildman–Crippen MR) is 121 cm³/mol. The Morgan fingerprint density at radius 3 is 2.31 bits per heavy atom. The van der Waals surface area contributed by atoms with Gasteiger partial charge in [0.1, 0.15) is 5.03 Å². The molecule has 0 saturated heterocycles. The highest BCUT2D eigenvalue weighted by molar-refractivity contribution is 7.92. The van der Waals surface area contributed by atoms with Gasteiger partial charge in [-0.1, -0.05) is 41.9 Å². The summed E-state index contributed by atoms with van der Waals surface area (Å²) in [7, 11) is -1.24. The summed E-state index contributed by atoms with van der Waals surface area (Å²) in [6, 6.07) is 16.0. The first-order chi connectivity index (χ1) is 15.3. The summed E-state index contributed by atoms with van der Waals surface area (Å²) in [4.78, 5) is 20.1. The van der Waals surface area contributed by atoms with Crippen molar-refractivity contribution in [2.75, 3.05) is 24.3 Å². The molecule has 0 saturated carbocycles. The lowest BCUT2D eigenvalue weighted by molar-refractivity contribution is -0.112. The molecule has 1 heterocycles. The summed E-state index contributed by atoms with van der Waals surface area (Å²) >= 11 is 6.07. The van der Waals surface area contributed by atoms with Crippen molar-refractivity contribution in [3.63, 3.8) is 0 Å². The Balaban J connectivity index is 1.72. The second-order valence-corrected chi connectivity index (χ2v) is 8.36. The second-order valence-electron chi connectivity index (χ2n) is 6.27. The van der Waals surface area contributed by atoms with Gasteiger partial charge in [0.25, 0.3) is 15.9 Å². The van der Waals surface area contributed by atoms with Crippen molar-refractivity contribution in [3.05, 3.63) is 71.3 Å². The minimum absolute atomic E-state index is 0.0128. The number of nitrogens with one attached hydrogen (secondary N) is 2. The number of benzene rings is 2.